The smallest absolute Gasteiger partial charge is 0.258 e. The zero-order valence-corrected chi connectivity index (χ0v) is 20.9. The number of pyridine rings is 1. The monoisotopic (exact) mass is 458 g/mol. The molecule has 1 saturated heterocycles. The molecule has 1 saturated carbocycles. The van der Waals surface area contributed by atoms with Crippen LogP contribution in [0.3, 0.4) is 0 Å². The van der Waals surface area contributed by atoms with Crippen LogP contribution in [-0.4, -0.2) is 35.8 Å². The van der Waals surface area contributed by atoms with Crippen LogP contribution in [0.2, 0.25) is 0 Å². The number of ether oxygens (including phenoxy) is 1. The van der Waals surface area contributed by atoms with Crippen LogP contribution in [-0.2, 0) is 10.2 Å². The predicted octanol–water partition coefficient (Wildman–Crippen LogP) is 6.23. The molecule has 2 aromatic carbocycles. The lowest BCUT2D eigenvalue weighted by Crippen LogP contribution is -2.42. The molecule has 1 aliphatic carbocycles. The molecule has 180 valence electrons. The van der Waals surface area contributed by atoms with Crippen molar-refractivity contribution in [3.8, 4) is 0 Å². The maximum absolute atomic E-state index is 14.0. The molecule has 0 bridgehead atoms. The molecule has 1 atom stereocenters. The van der Waals surface area contributed by atoms with Crippen molar-refractivity contribution in [2.45, 2.75) is 70.4 Å². The van der Waals surface area contributed by atoms with Crippen molar-refractivity contribution in [2.24, 2.45) is 0 Å². The summed E-state index contributed by atoms with van der Waals surface area (Å²) in [5.74, 6) is 0. The van der Waals surface area contributed by atoms with Crippen LogP contribution < -0.4 is 5.56 Å². The van der Waals surface area contributed by atoms with Gasteiger partial charge in [0.25, 0.3) is 5.56 Å². The number of benzene rings is 2. The van der Waals surface area contributed by atoms with E-state index in [2.05, 4.69) is 66.6 Å². The van der Waals surface area contributed by atoms with Crippen LogP contribution >= 0.6 is 0 Å². The van der Waals surface area contributed by atoms with Crippen molar-refractivity contribution in [1.82, 2.24) is 9.47 Å². The van der Waals surface area contributed by atoms with Crippen LogP contribution in [0.4, 0.5) is 0 Å². The van der Waals surface area contributed by atoms with Gasteiger partial charge < -0.3 is 9.30 Å². The number of morpholine rings is 1. The van der Waals surface area contributed by atoms with Crippen LogP contribution in [0.15, 0.2) is 59.4 Å². The van der Waals surface area contributed by atoms with Gasteiger partial charge in [0, 0.05) is 30.2 Å². The van der Waals surface area contributed by atoms with Crippen LogP contribution in [0.25, 0.3) is 10.8 Å². The first-order valence-electron chi connectivity index (χ1n) is 13.0. The average molecular weight is 459 g/mol. The van der Waals surface area contributed by atoms with E-state index in [1.165, 1.54) is 30.4 Å². The summed E-state index contributed by atoms with van der Waals surface area (Å²) in [7, 11) is 0. The van der Waals surface area contributed by atoms with Gasteiger partial charge >= 0.3 is 0 Å². The summed E-state index contributed by atoms with van der Waals surface area (Å²) in [6.45, 7) is 9.98. The standard InChI is InChI=1S/C30H38N2O2/c1-30(2,3)24-15-13-22(14-16-24)28(31-17-19-34-20-18-31)27-21-23-9-7-8-12-26(23)29(33)32(27)25-10-5-4-6-11-25/h7-9,12-16,21,25,28H,4-6,10-11,17-20H2,1-3H3. The minimum Gasteiger partial charge on any atom is -0.379 e. The molecule has 2 fully saturated rings. The highest BCUT2D eigenvalue weighted by Crippen LogP contribution is 2.36. The molecule has 0 spiro atoms. The third kappa shape index (κ3) is 4.58. The van der Waals surface area contributed by atoms with E-state index in [9.17, 15) is 4.79 Å². The third-order valence-corrected chi connectivity index (χ3v) is 7.71. The van der Waals surface area contributed by atoms with Gasteiger partial charge in [-0.3, -0.25) is 9.69 Å². The minimum atomic E-state index is 0.0390. The number of hydrogen-bond donors (Lipinski definition) is 0. The topological polar surface area (TPSA) is 34.5 Å². The summed E-state index contributed by atoms with van der Waals surface area (Å²) < 4.78 is 7.90. The van der Waals surface area contributed by atoms with Gasteiger partial charge in [0.05, 0.1) is 19.3 Å². The number of aromatic nitrogens is 1. The highest BCUT2D eigenvalue weighted by Gasteiger charge is 2.30. The Bertz CT molecular complexity index is 1180. The van der Waals surface area contributed by atoms with Crippen molar-refractivity contribution >= 4 is 10.8 Å². The van der Waals surface area contributed by atoms with Gasteiger partial charge in [-0.1, -0.05) is 82.5 Å². The first kappa shape index (κ1) is 23.3. The first-order chi connectivity index (χ1) is 16.4. The van der Waals surface area contributed by atoms with Crippen LogP contribution in [0.5, 0.6) is 0 Å². The van der Waals surface area contributed by atoms with Crippen molar-refractivity contribution < 1.29 is 4.74 Å². The maximum atomic E-state index is 14.0. The Balaban J connectivity index is 1.71. The highest BCUT2D eigenvalue weighted by atomic mass is 16.5. The Morgan fingerprint density at radius 2 is 1.59 bits per heavy atom. The summed E-state index contributed by atoms with van der Waals surface area (Å²) in [6.07, 6.45) is 5.85. The molecule has 1 unspecified atom stereocenters. The SMILES string of the molecule is CC(C)(C)c1ccc(C(c2cc3ccccc3c(=O)n2C2CCCCC2)N2CCOCC2)cc1. The van der Waals surface area contributed by atoms with E-state index in [0.29, 0.717) is 0 Å². The van der Waals surface area contributed by atoms with Gasteiger partial charge in [0.1, 0.15) is 0 Å². The van der Waals surface area contributed by atoms with Gasteiger partial charge in [0.15, 0.2) is 0 Å². The third-order valence-electron chi connectivity index (χ3n) is 7.71. The van der Waals surface area contributed by atoms with E-state index in [4.69, 9.17) is 4.74 Å². The van der Waals surface area contributed by atoms with Crippen molar-refractivity contribution in [1.29, 1.82) is 0 Å². The van der Waals surface area contributed by atoms with E-state index in [0.717, 1.165) is 55.6 Å². The summed E-state index contributed by atoms with van der Waals surface area (Å²) in [5.41, 5.74) is 4.01. The summed E-state index contributed by atoms with van der Waals surface area (Å²) >= 11 is 0. The summed E-state index contributed by atoms with van der Waals surface area (Å²) in [4.78, 5) is 16.5. The molecule has 4 nitrogen and oxygen atoms in total. The molecule has 1 aliphatic heterocycles. The van der Waals surface area contributed by atoms with Gasteiger partial charge in [-0.2, -0.15) is 0 Å². The number of hydrogen-bond acceptors (Lipinski definition) is 3. The number of rotatable bonds is 4. The zero-order chi connectivity index (χ0) is 23.7. The first-order valence-corrected chi connectivity index (χ1v) is 13.0. The minimum absolute atomic E-state index is 0.0390. The van der Waals surface area contributed by atoms with Gasteiger partial charge in [-0.05, 0) is 46.9 Å². The lowest BCUT2D eigenvalue weighted by atomic mass is 9.85. The fraction of sp³-hybridized carbons (Fsp3) is 0.500. The maximum Gasteiger partial charge on any atom is 0.258 e. The van der Waals surface area contributed by atoms with Crippen LogP contribution in [0.1, 0.15) is 81.8 Å². The van der Waals surface area contributed by atoms with Gasteiger partial charge in [0.2, 0.25) is 0 Å². The number of nitrogens with zero attached hydrogens (tertiary/aromatic N) is 2. The second kappa shape index (κ2) is 9.67. The molecular formula is C30H38N2O2. The van der Waals surface area contributed by atoms with E-state index in [1.807, 2.05) is 18.2 Å². The van der Waals surface area contributed by atoms with Crippen molar-refractivity contribution in [2.75, 3.05) is 26.3 Å². The lowest BCUT2D eigenvalue weighted by Gasteiger charge is -2.38. The molecular weight excluding hydrogens is 420 g/mol. The Kier molecular flexibility index (Phi) is 6.63. The Morgan fingerprint density at radius 1 is 0.912 bits per heavy atom. The molecule has 34 heavy (non-hydrogen) atoms. The highest BCUT2D eigenvalue weighted by molar-refractivity contribution is 5.82. The molecule has 0 radical (unpaired) electrons. The fourth-order valence-electron chi connectivity index (χ4n) is 5.79. The van der Waals surface area contributed by atoms with Gasteiger partial charge in [-0.25, -0.2) is 0 Å². The van der Waals surface area contributed by atoms with Crippen molar-refractivity contribution in [3.63, 3.8) is 0 Å². The second-order valence-corrected chi connectivity index (χ2v) is 11.0. The molecule has 1 aromatic heterocycles. The molecule has 2 heterocycles. The Labute approximate surface area is 203 Å². The average Bonchev–Trinajstić information content (AvgIpc) is 2.85. The molecule has 0 amide bonds. The van der Waals surface area contributed by atoms with Gasteiger partial charge in [-0.15, -0.1) is 0 Å². The Hall–Kier alpha value is -2.43. The normalized spacial score (nSPS) is 19.4. The van der Waals surface area contributed by atoms with E-state index in [-0.39, 0.29) is 23.1 Å². The zero-order valence-electron chi connectivity index (χ0n) is 20.9. The molecule has 4 heteroatoms. The fourth-order valence-corrected chi connectivity index (χ4v) is 5.79. The quantitative estimate of drug-likeness (QED) is 0.465. The van der Waals surface area contributed by atoms with E-state index in [1.54, 1.807) is 0 Å². The predicted molar refractivity (Wildman–Crippen MR) is 140 cm³/mol. The largest absolute Gasteiger partial charge is 0.379 e. The Morgan fingerprint density at radius 3 is 2.26 bits per heavy atom. The molecule has 5 rings (SSSR count). The second-order valence-electron chi connectivity index (χ2n) is 11.0. The molecule has 0 N–H and O–H groups in total. The molecule has 3 aromatic rings. The van der Waals surface area contributed by atoms with E-state index >= 15 is 0 Å². The number of fused-ring (bicyclic) bond motifs is 1. The summed E-state index contributed by atoms with van der Waals surface area (Å²) in [6, 6.07) is 19.8. The van der Waals surface area contributed by atoms with Crippen LogP contribution in [0, 0.1) is 0 Å². The van der Waals surface area contributed by atoms with E-state index < -0.39 is 0 Å². The summed E-state index contributed by atoms with van der Waals surface area (Å²) in [5, 5.41) is 1.87. The molecule has 2 aliphatic rings. The van der Waals surface area contributed by atoms with Crippen molar-refractivity contribution in [3.05, 3.63) is 81.8 Å². The lowest BCUT2D eigenvalue weighted by molar-refractivity contribution is 0.0220.